The summed E-state index contributed by atoms with van der Waals surface area (Å²) in [6.07, 6.45) is 4.89. The molecule has 2 aromatic rings. The number of fused-ring (bicyclic) bond motifs is 1. The van der Waals surface area contributed by atoms with Crippen LogP contribution in [0.4, 0.5) is 0 Å². The van der Waals surface area contributed by atoms with Gasteiger partial charge in [0.25, 0.3) is 0 Å². The van der Waals surface area contributed by atoms with Gasteiger partial charge in [-0.2, -0.15) is 0 Å². The molecule has 3 rings (SSSR count). The van der Waals surface area contributed by atoms with Crippen LogP contribution in [0.1, 0.15) is 42.0 Å². The van der Waals surface area contributed by atoms with Crippen molar-refractivity contribution in [3.05, 3.63) is 70.8 Å². The van der Waals surface area contributed by atoms with Crippen molar-refractivity contribution in [1.82, 2.24) is 0 Å². The van der Waals surface area contributed by atoms with Crippen molar-refractivity contribution in [2.75, 3.05) is 0 Å². The second-order valence-corrected chi connectivity index (χ2v) is 5.63. The van der Waals surface area contributed by atoms with Gasteiger partial charge in [-0.1, -0.05) is 48.5 Å². The highest BCUT2D eigenvalue weighted by molar-refractivity contribution is 5.41. The zero-order valence-corrected chi connectivity index (χ0v) is 11.4. The van der Waals surface area contributed by atoms with Crippen LogP contribution in [0.2, 0.25) is 0 Å². The minimum Gasteiger partial charge on any atom is -0.381 e. The zero-order valence-electron chi connectivity index (χ0n) is 11.4. The van der Waals surface area contributed by atoms with E-state index in [1.165, 1.54) is 30.4 Å². The van der Waals surface area contributed by atoms with Crippen molar-refractivity contribution >= 4 is 0 Å². The lowest BCUT2D eigenvalue weighted by atomic mass is 9.83. The summed E-state index contributed by atoms with van der Waals surface area (Å²) < 4.78 is 0. The molecule has 1 aliphatic rings. The van der Waals surface area contributed by atoms with Gasteiger partial charge in [-0.05, 0) is 54.9 Å². The van der Waals surface area contributed by atoms with Gasteiger partial charge in [-0.25, -0.2) is 0 Å². The number of benzene rings is 2. The van der Waals surface area contributed by atoms with Crippen LogP contribution in [0.25, 0.3) is 0 Å². The highest BCUT2D eigenvalue weighted by Crippen LogP contribution is 2.32. The smallest absolute Gasteiger partial charge is 0.112 e. The van der Waals surface area contributed by atoms with E-state index in [2.05, 4.69) is 18.2 Å². The van der Waals surface area contributed by atoms with Gasteiger partial charge >= 0.3 is 0 Å². The largest absolute Gasteiger partial charge is 0.381 e. The van der Waals surface area contributed by atoms with Crippen molar-refractivity contribution < 1.29 is 5.11 Å². The maximum atomic E-state index is 10.9. The summed E-state index contributed by atoms with van der Waals surface area (Å²) in [5.74, 6) is 0. The summed E-state index contributed by atoms with van der Waals surface area (Å²) in [5.41, 5.74) is 3.91. The number of hydrogen-bond acceptors (Lipinski definition) is 1. The van der Waals surface area contributed by atoms with Gasteiger partial charge in [0.15, 0.2) is 0 Å². The Morgan fingerprint density at radius 2 is 1.53 bits per heavy atom. The summed E-state index contributed by atoms with van der Waals surface area (Å²) in [7, 11) is 0. The van der Waals surface area contributed by atoms with Crippen LogP contribution in [0.5, 0.6) is 0 Å². The van der Waals surface area contributed by atoms with Gasteiger partial charge in [0.2, 0.25) is 0 Å². The van der Waals surface area contributed by atoms with Gasteiger partial charge in [-0.3, -0.25) is 0 Å². The maximum absolute atomic E-state index is 10.9. The first kappa shape index (κ1) is 12.4. The minimum absolute atomic E-state index is 0.909. The third-order valence-electron chi connectivity index (χ3n) is 4.25. The predicted molar refractivity (Wildman–Crippen MR) is 78.2 cm³/mol. The first-order valence-electron chi connectivity index (χ1n) is 7.08. The Morgan fingerprint density at radius 3 is 2.26 bits per heavy atom. The molecule has 0 heterocycles. The highest BCUT2D eigenvalue weighted by Gasteiger charge is 2.26. The Kier molecular flexibility index (Phi) is 3.16. The molecule has 0 radical (unpaired) electrons. The van der Waals surface area contributed by atoms with Gasteiger partial charge < -0.3 is 5.11 Å². The second kappa shape index (κ2) is 4.82. The summed E-state index contributed by atoms with van der Waals surface area (Å²) in [5, 5.41) is 10.9. The molecule has 1 N–H and O–H groups in total. The van der Waals surface area contributed by atoms with Crippen molar-refractivity contribution in [2.24, 2.45) is 0 Å². The van der Waals surface area contributed by atoms with Gasteiger partial charge in [0.05, 0.1) is 0 Å². The average Bonchev–Trinajstić information content (AvgIpc) is 2.47. The number of aryl methyl sites for hydroxylation is 2. The molecule has 0 saturated heterocycles. The molecule has 0 aliphatic heterocycles. The van der Waals surface area contributed by atoms with E-state index in [-0.39, 0.29) is 0 Å². The van der Waals surface area contributed by atoms with Crippen LogP contribution in [0, 0.1) is 0 Å². The standard InChI is InChI=1S/C18H20O/c1-18(19,16-9-3-2-4-10-16)17-12-11-14-7-5-6-8-15(14)13-17/h2-4,9-13,19H,5-8H2,1H3. The maximum Gasteiger partial charge on any atom is 0.112 e. The lowest BCUT2D eigenvalue weighted by Gasteiger charge is -2.26. The summed E-state index contributed by atoms with van der Waals surface area (Å²) in [6.45, 7) is 1.88. The fourth-order valence-electron chi connectivity index (χ4n) is 2.97. The molecular weight excluding hydrogens is 232 g/mol. The Labute approximate surface area is 114 Å². The Bertz CT molecular complexity index is 569. The van der Waals surface area contributed by atoms with E-state index in [1.54, 1.807) is 0 Å². The van der Waals surface area contributed by atoms with E-state index < -0.39 is 5.60 Å². The Hall–Kier alpha value is -1.60. The minimum atomic E-state index is -0.909. The summed E-state index contributed by atoms with van der Waals surface area (Å²) in [6, 6.07) is 16.4. The van der Waals surface area contributed by atoms with Crippen molar-refractivity contribution in [3.63, 3.8) is 0 Å². The number of rotatable bonds is 2. The fraction of sp³-hybridized carbons (Fsp3) is 0.333. The highest BCUT2D eigenvalue weighted by atomic mass is 16.3. The average molecular weight is 252 g/mol. The lowest BCUT2D eigenvalue weighted by Crippen LogP contribution is -2.23. The Balaban J connectivity index is 2.02. The van der Waals surface area contributed by atoms with Crippen molar-refractivity contribution in [3.8, 4) is 0 Å². The zero-order chi connectivity index (χ0) is 13.3. The molecule has 0 spiro atoms. The van der Waals surface area contributed by atoms with Crippen molar-refractivity contribution in [1.29, 1.82) is 0 Å². The van der Waals surface area contributed by atoms with Gasteiger partial charge in [0.1, 0.15) is 5.60 Å². The van der Waals surface area contributed by atoms with Crippen LogP contribution in [0.15, 0.2) is 48.5 Å². The fourth-order valence-corrected chi connectivity index (χ4v) is 2.97. The molecule has 0 saturated carbocycles. The monoisotopic (exact) mass is 252 g/mol. The van der Waals surface area contributed by atoms with Crippen LogP contribution < -0.4 is 0 Å². The molecule has 1 nitrogen and oxygen atoms in total. The third-order valence-corrected chi connectivity index (χ3v) is 4.25. The topological polar surface area (TPSA) is 20.2 Å². The molecule has 1 aliphatic carbocycles. The molecular formula is C18H20O. The lowest BCUT2D eigenvalue weighted by molar-refractivity contribution is 0.102. The second-order valence-electron chi connectivity index (χ2n) is 5.63. The Morgan fingerprint density at radius 1 is 0.842 bits per heavy atom. The third kappa shape index (κ3) is 2.31. The van der Waals surface area contributed by atoms with E-state index in [1.807, 2.05) is 37.3 Å². The SMILES string of the molecule is CC(O)(c1ccccc1)c1ccc2c(c1)CCCC2. The first-order valence-corrected chi connectivity index (χ1v) is 7.08. The summed E-state index contributed by atoms with van der Waals surface area (Å²) >= 11 is 0. The molecule has 2 aromatic carbocycles. The molecule has 1 atom stereocenters. The molecule has 19 heavy (non-hydrogen) atoms. The normalized spacial score (nSPS) is 17.6. The van der Waals surface area contributed by atoms with Crippen LogP contribution in [-0.4, -0.2) is 5.11 Å². The molecule has 1 heteroatoms. The summed E-state index contributed by atoms with van der Waals surface area (Å²) in [4.78, 5) is 0. The molecule has 0 amide bonds. The number of hydrogen-bond donors (Lipinski definition) is 1. The predicted octanol–water partition coefficient (Wildman–Crippen LogP) is 3.82. The molecule has 0 fully saturated rings. The number of aliphatic hydroxyl groups is 1. The van der Waals surface area contributed by atoms with E-state index in [0.717, 1.165) is 17.5 Å². The van der Waals surface area contributed by atoms with Crippen molar-refractivity contribution in [2.45, 2.75) is 38.2 Å². The van der Waals surface area contributed by atoms with E-state index in [4.69, 9.17) is 0 Å². The first-order chi connectivity index (χ1) is 9.18. The van der Waals surface area contributed by atoms with Gasteiger partial charge in [-0.15, -0.1) is 0 Å². The molecule has 98 valence electrons. The van der Waals surface area contributed by atoms with Crippen LogP contribution in [-0.2, 0) is 18.4 Å². The van der Waals surface area contributed by atoms with Crippen LogP contribution in [0.3, 0.4) is 0 Å². The van der Waals surface area contributed by atoms with E-state index in [0.29, 0.717) is 0 Å². The molecule has 1 unspecified atom stereocenters. The van der Waals surface area contributed by atoms with E-state index >= 15 is 0 Å². The molecule has 0 aromatic heterocycles. The quantitative estimate of drug-likeness (QED) is 0.861. The van der Waals surface area contributed by atoms with Gasteiger partial charge in [0, 0.05) is 0 Å². The molecule has 0 bridgehead atoms. The van der Waals surface area contributed by atoms with E-state index in [9.17, 15) is 5.11 Å². The van der Waals surface area contributed by atoms with Crippen LogP contribution >= 0.6 is 0 Å².